The van der Waals surface area contributed by atoms with Crippen LogP contribution in [0.5, 0.6) is 0 Å². The molecule has 0 spiro atoms. The summed E-state index contributed by atoms with van der Waals surface area (Å²) in [6.07, 6.45) is 4.10. The number of carbonyl (C=O) groups excluding carboxylic acids is 1. The van der Waals surface area contributed by atoms with Crippen LogP contribution < -0.4 is 5.32 Å². The van der Waals surface area contributed by atoms with Crippen molar-refractivity contribution in [1.29, 1.82) is 0 Å². The molecule has 0 bridgehead atoms. The van der Waals surface area contributed by atoms with Gasteiger partial charge in [0.15, 0.2) is 0 Å². The number of para-hydroxylation sites is 1. The number of piperidine rings is 1. The first-order chi connectivity index (χ1) is 14.9. The van der Waals surface area contributed by atoms with Crippen LogP contribution in [0, 0.1) is 5.92 Å². The van der Waals surface area contributed by atoms with Crippen LogP contribution in [0.1, 0.15) is 62.3 Å². The van der Waals surface area contributed by atoms with E-state index in [1.807, 2.05) is 0 Å². The first kappa shape index (κ1) is 21.6. The highest BCUT2D eigenvalue weighted by Crippen LogP contribution is 2.25. The van der Waals surface area contributed by atoms with Gasteiger partial charge in [-0.3, -0.25) is 9.69 Å². The summed E-state index contributed by atoms with van der Waals surface area (Å²) in [7, 11) is 2.11. The molecule has 1 aliphatic rings. The van der Waals surface area contributed by atoms with Gasteiger partial charge in [-0.2, -0.15) is 0 Å². The molecule has 1 amide bonds. The van der Waals surface area contributed by atoms with Crippen LogP contribution in [-0.4, -0.2) is 28.5 Å². The molecule has 4 heteroatoms. The number of aryl methyl sites for hydroxylation is 1. The van der Waals surface area contributed by atoms with Gasteiger partial charge in [0, 0.05) is 36.6 Å². The molecule has 1 N–H and O–H groups in total. The number of nitrogens with zero attached hydrogens (tertiary/aromatic N) is 2. The second-order valence-electron chi connectivity index (χ2n) is 9.38. The van der Waals surface area contributed by atoms with Crippen LogP contribution in [0.3, 0.4) is 0 Å². The third-order valence-corrected chi connectivity index (χ3v) is 6.79. The molecule has 0 saturated carbocycles. The van der Waals surface area contributed by atoms with Gasteiger partial charge in [0.2, 0.25) is 5.91 Å². The van der Waals surface area contributed by atoms with Crippen molar-refractivity contribution in [1.82, 2.24) is 14.8 Å². The summed E-state index contributed by atoms with van der Waals surface area (Å²) in [5.41, 5.74) is 5.16. The number of hydrogen-bond acceptors (Lipinski definition) is 2. The Hall–Kier alpha value is -2.59. The maximum Gasteiger partial charge on any atom is 0.223 e. The van der Waals surface area contributed by atoms with E-state index in [4.69, 9.17) is 0 Å². The summed E-state index contributed by atoms with van der Waals surface area (Å²) >= 11 is 0. The van der Waals surface area contributed by atoms with Crippen molar-refractivity contribution in [3.05, 3.63) is 71.4 Å². The Morgan fingerprint density at radius 2 is 1.65 bits per heavy atom. The first-order valence-electron chi connectivity index (χ1n) is 11.6. The monoisotopic (exact) mass is 417 g/mol. The fourth-order valence-electron chi connectivity index (χ4n) is 4.73. The Morgan fingerprint density at radius 3 is 2.32 bits per heavy atom. The Kier molecular flexibility index (Phi) is 6.47. The van der Waals surface area contributed by atoms with Crippen LogP contribution in [-0.2, 0) is 18.4 Å². The largest absolute Gasteiger partial charge is 0.350 e. The van der Waals surface area contributed by atoms with Crippen molar-refractivity contribution < 1.29 is 4.79 Å². The van der Waals surface area contributed by atoms with Crippen LogP contribution in [0.2, 0.25) is 0 Å². The van der Waals surface area contributed by atoms with Crippen LogP contribution >= 0.6 is 0 Å². The normalized spacial score (nSPS) is 16.7. The Bertz CT molecular complexity index is 1030. The van der Waals surface area contributed by atoms with Gasteiger partial charge in [0.25, 0.3) is 0 Å². The van der Waals surface area contributed by atoms with Gasteiger partial charge in [-0.1, -0.05) is 56.3 Å². The van der Waals surface area contributed by atoms with Gasteiger partial charge in [-0.15, -0.1) is 0 Å². The summed E-state index contributed by atoms with van der Waals surface area (Å²) < 4.78 is 2.21. The molecular formula is C27H35N3O. The van der Waals surface area contributed by atoms with E-state index < -0.39 is 0 Å². The summed E-state index contributed by atoms with van der Waals surface area (Å²) in [4.78, 5) is 15.4. The smallest absolute Gasteiger partial charge is 0.223 e. The molecule has 2 aromatic carbocycles. The highest BCUT2D eigenvalue weighted by molar-refractivity contribution is 5.83. The lowest BCUT2D eigenvalue weighted by molar-refractivity contribution is -0.127. The highest BCUT2D eigenvalue weighted by atomic mass is 16.1. The minimum atomic E-state index is 0.0439. The average molecular weight is 418 g/mol. The topological polar surface area (TPSA) is 37.3 Å². The molecule has 0 radical (unpaired) electrons. The predicted octanol–water partition coefficient (Wildman–Crippen LogP) is 5.39. The van der Waals surface area contributed by atoms with E-state index in [1.165, 1.54) is 27.6 Å². The first-order valence-corrected chi connectivity index (χ1v) is 11.6. The Labute approximate surface area is 186 Å². The molecule has 1 saturated heterocycles. The molecule has 1 unspecified atom stereocenters. The van der Waals surface area contributed by atoms with E-state index in [0.29, 0.717) is 5.92 Å². The van der Waals surface area contributed by atoms with Crippen molar-refractivity contribution in [2.75, 3.05) is 13.1 Å². The minimum absolute atomic E-state index is 0.0439. The molecule has 31 heavy (non-hydrogen) atoms. The SMILES string of the molecule is CC(C)c1ccc(C(C)NC(=O)C2CCN(Cc3cn(C)c4ccccc34)CC2)cc1. The zero-order valence-corrected chi connectivity index (χ0v) is 19.3. The zero-order valence-electron chi connectivity index (χ0n) is 19.3. The number of fused-ring (bicyclic) bond motifs is 1. The van der Waals surface area contributed by atoms with E-state index in [2.05, 4.69) is 97.3 Å². The lowest BCUT2D eigenvalue weighted by atomic mass is 9.94. The predicted molar refractivity (Wildman–Crippen MR) is 128 cm³/mol. The number of nitrogens with one attached hydrogen (secondary N) is 1. The number of benzene rings is 2. The fourth-order valence-corrected chi connectivity index (χ4v) is 4.73. The highest BCUT2D eigenvalue weighted by Gasteiger charge is 2.26. The average Bonchev–Trinajstić information content (AvgIpc) is 3.09. The van der Waals surface area contributed by atoms with Gasteiger partial charge < -0.3 is 9.88 Å². The molecule has 1 atom stereocenters. The number of carbonyl (C=O) groups is 1. The van der Waals surface area contributed by atoms with Crippen molar-refractivity contribution in [3.8, 4) is 0 Å². The number of aromatic nitrogens is 1. The minimum Gasteiger partial charge on any atom is -0.350 e. The van der Waals surface area contributed by atoms with Crippen molar-refractivity contribution in [3.63, 3.8) is 0 Å². The molecule has 1 aliphatic heterocycles. The fraction of sp³-hybridized carbons (Fsp3) is 0.444. The maximum atomic E-state index is 12.9. The molecular weight excluding hydrogens is 382 g/mol. The molecule has 1 aromatic heterocycles. The Balaban J connectivity index is 1.30. The summed E-state index contributed by atoms with van der Waals surface area (Å²) in [6.45, 7) is 9.38. The second-order valence-corrected chi connectivity index (χ2v) is 9.38. The molecule has 0 aliphatic carbocycles. The number of amides is 1. The number of likely N-dealkylation sites (tertiary alicyclic amines) is 1. The van der Waals surface area contributed by atoms with Crippen LogP contribution in [0.25, 0.3) is 10.9 Å². The van der Waals surface area contributed by atoms with Gasteiger partial charge >= 0.3 is 0 Å². The van der Waals surface area contributed by atoms with Gasteiger partial charge in [0.05, 0.1) is 6.04 Å². The molecule has 4 rings (SSSR count). The molecule has 164 valence electrons. The van der Waals surface area contributed by atoms with E-state index in [-0.39, 0.29) is 17.9 Å². The molecule has 1 fully saturated rings. The van der Waals surface area contributed by atoms with Crippen molar-refractivity contribution in [2.24, 2.45) is 13.0 Å². The molecule has 2 heterocycles. The third-order valence-electron chi connectivity index (χ3n) is 6.79. The quantitative estimate of drug-likeness (QED) is 0.584. The zero-order chi connectivity index (χ0) is 22.0. The van der Waals surface area contributed by atoms with E-state index >= 15 is 0 Å². The van der Waals surface area contributed by atoms with E-state index in [0.717, 1.165) is 32.5 Å². The summed E-state index contributed by atoms with van der Waals surface area (Å²) in [5, 5.41) is 4.58. The lowest BCUT2D eigenvalue weighted by Gasteiger charge is -2.31. The van der Waals surface area contributed by atoms with Gasteiger partial charge in [0.1, 0.15) is 0 Å². The maximum absolute atomic E-state index is 12.9. The standard InChI is InChI=1S/C27H35N3O/c1-19(2)21-9-11-22(12-10-21)20(3)28-27(31)23-13-15-30(16-14-23)18-24-17-29(4)26-8-6-5-7-25(24)26/h5-12,17,19-20,23H,13-16,18H2,1-4H3,(H,28,31). The van der Waals surface area contributed by atoms with Crippen molar-refractivity contribution in [2.45, 2.75) is 52.1 Å². The van der Waals surface area contributed by atoms with Gasteiger partial charge in [-0.05, 0) is 61.5 Å². The lowest BCUT2D eigenvalue weighted by Crippen LogP contribution is -2.40. The van der Waals surface area contributed by atoms with Gasteiger partial charge in [-0.25, -0.2) is 0 Å². The number of hydrogen-bond donors (Lipinski definition) is 1. The summed E-state index contributed by atoms with van der Waals surface area (Å²) in [5.74, 6) is 0.837. The van der Waals surface area contributed by atoms with E-state index in [9.17, 15) is 4.79 Å². The third kappa shape index (κ3) is 4.85. The van der Waals surface area contributed by atoms with Crippen LogP contribution in [0.15, 0.2) is 54.7 Å². The summed E-state index contributed by atoms with van der Waals surface area (Å²) in [6, 6.07) is 17.3. The molecule has 4 nitrogen and oxygen atoms in total. The Morgan fingerprint density at radius 1 is 1.00 bits per heavy atom. The molecule has 3 aromatic rings. The van der Waals surface area contributed by atoms with Crippen LogP contribution in [0.4, 0.5) is 0 Å². The number of rotatable bonds is 6. The second kappa shape index (κ2) is 9.27. The van der Waals surface area contributed by atoms with E-state index in [1.54, 1.807) is 0 Å². The van der Waals surface area contributed by atoms with Crippen molar-refractivity contribution >= 4 is 16.8 Å².